The van der Waals surface area contributed by atoms with Gasteiger partial charge in [0.05, 0.1) is 25.5 Å². The number of carbonyl (C=O) groups excluding carboxylic acids is 1. The van der Waals surface area contributed by atoms with Gasteiger partial charge in [-0.2, -0.15) is 0 Å². The van der Waals surface area contributed by atoms with Gasteiger partial charge in [0.25, 0.3) is 5.91 Å². The lowest BCUT2D eigenvalue weighted by atomic mass is 10.1. The number of aromatic nitrogens is 1. The van der Waals surface area contributed by atoms with Crippen LogP contribution in [0.4, 0.5) is 4.39 Å². The number of ether oxygens (including phenoxy) is 2. The van der Waals surface area contributed by atoms with Crippen LogP contribution in [0.25, 0.3) is 0 Å². The molecular weight excluding hydrogens is 395 g/mol. The monoisotopic (exact) mass is 420 g/mol. The van der Waals surface area contributed by atoms with E-state index in [1.165, 1.54) is 12.1 Å². The van der Waals surface area contributed by atoms with Crippen LogP contribution in [0.2, 0.25) is 0 Å². The molecule has 160 valence electrons. The highest BCUT2D eigenvalue weighted by Crippen LogP contribution is 2.20. The molecule has 31 heavy (non-hydrogen) atoms. The predicted molar refractivity (Wildman–Crippen MR) is 115 cm³/mol. The Morgan fingerprint density at radius 3 is 2.77 bits per heavy atom. The van der Waals surface area contributed by atoms with Crippen LogP contribution < -0.4 is 4.74 Å². The summed E-state index contributed by atoms with van der Waals surface area (Å²) in [6.45, 7) is 2.82. The van der Waals surface area contributed by atoms with Crippen molar-refractivity contribution in [3.63, 3.8) is 0 Å². The van der Waals surface area contributed by atoms with Gasteiger partial charge in [0, 0.05) is 30.8 Å². The SMILES string of the molecule is O=C(c1cccc(F)c1)N(Cc1cccc(OC[C@H]2CCOC2)c1)Cc1ccccn1. The summed E-state index contributed by atoms with van der Waals surface area (Å²) in [5.74, 6) is 0.494. The fourth-order valence-corrected chi connectivity index (χ4v) is 3.57. The van der Waals surface area contributed by atoms with Gasteiger partial charge in [-0.05, 0) is 54.4 Å². The van der Waals surface area contributed by atoms with E-state index in [-0.39, 0.29) is 5.91 Å². The first-order valence-electron chi connectivity index (χ1n) is 10.4. The number of benzene rings is 2. The quantitative estimate of drug-likeness (QED) is 0.539. The summed E-state index contributed by atoms with van der Waals surface area (Å²) in [7, 11) is 0. The van der Waals surface area contributed by atoms with E-state index in [9.17, 15) is 9.18 Å². The lowest BCUT2D eigenvalue weighted by Gasteiger charge is -2.23. The molecule has 1 aliphatic rings. The lowest BCUT2D eigenvalue weighted by Crippen LogP contribution is -2.30. The third kappa shape index (κ3) is 5.89. The molecule has 0 bridgehead atoms. The minimum Gasteiger partial charge on any atom is -0.493 e. The van der Waals surface area contributed by atoms with Gasteiger partial charge < -0.3 is 14.4 Å². The van der Waals surface area contributed by atoms with Gasteiger partial charge >= 0.3 is 0 Å². The number of halogens is 1. The molecule has 1 aliphatic heterocycles. The molecule has 1 amide bonds. The maximum atomic E-state index is 13.7. The van der Waals surface area contributed by atoms with Crippen molar-refractivity contribution < 1.29 is 18.7 Å². The van der Waals surface area contributed by atoms with Crippen molar-refractivity contribution in [3.8, 4) is 5.75 Å². The number of pyridine rings is 1. The second-order valence-corrected chi connectivity index (χ2v) is 7.68. The predicted octanol–water partition coefficient (Wildman–Crippen LogP) is 4.48. The highest BCUT2D eigenvalue weighted by Gasteiger charge is 2.19. The van der Waals surface area contributed by atoms with Crippen LogP contribution in [-0.4, -0.2) is 35.6 Å². The average molecular weight is 420 g/mol. The maximum Gasteiger partial charge on any atom is 0.254 e. The third-order valence-electron chi connectivity index (χ3n) is 5.22. The Hall–Kier alpha value is -3.25. The van der Waals surface area contributed by atoms with Gasteiger partial charge in [0.1, 0.15) is 11.6 Å². The lowest BCUT2D eigenvalue weighted by molar-refractivity contribution is 0.0727. The summed E-state index contributed by atoms with van der Waals surface area (Å²) in [6.07, 6.45) is 2.71. The van der Waals surface area contributed by atoms with Crippen molar-refractivity contribution in [2.75, 3.05) is 19.8 Å². The normalized spacial score (nSPS) is 15.6. The molecule has 0 spiro atoms. The number of carbonyl (C=O) groups is 1. The maximum absolute atomic E-state index is 13.7. The molecule has 3 aromatic rings. The molecule has 1 atom stereocenters. The number of nitrogens with zero attached hydrogens (tertiary/aromatic N) is 2. The third-order valence-corrected chi connectivity index (χ3v) is 5.22. The van der Waals surface area contributed by atoms with Gasteiger partial charge in [-0.1, -0.05) is 24.3 Å². The van der Waals surface area contributed by atoms with E-state index in [1.807, 2.05) is 42.5 Å². The molecule has 1 saturated heterocycles. The molecule has 4 rings (SSSR count). The molecule has 2 heterocycles. The number of amides is 1. The molecule has 0 unspecified atom stereocenters. The number of hydrogen-bond acceptors (Lipinski definition) is 4. The minimum absolute atomic E-state index is 0.250. The molecule has 0 aliphatic carbocycles. The summed E-state index contributed by atoms with van der Waals surface area (Å²) >= 11 is 0. The highest BCUT2D eigenvalue weighted by atomic mass is 19.1. The second-order valence-electron chi connectivity index (χ2n) is 7.68. The van der Waals surface area contributed by atoms with Crippen molar-refractivity contribution in [1.82, 2.24) is 9.88 Å². The smallest absolute Gasteiger partial charge is 0.254 e. The molecule has 0 radical (unpaired) electrons. The van der Waals surface area contributed by atoms with Crippen molar-refractivity contribution in [1.29, 1.82) is 0 Å². The van der Waals surface area contributed by atoms with E-state index < -0.39 is 5.82 Å². The van der Waals surface area contributed by atoms with Crippen LogP contribution in [0.15, 0.2) is 72.9 Å². The van der Waals surface area contributed by atoms with Gasteiger partial charge in [0.2, 0.25) is 0 Å². The molecule has 2 aromatic carbocycles. The van der Waals surface area contributed by atoms with Crippen molar-refractivity contribution in [2.45, 2.75) is 19.5 Å². The van der Waals surface area contributed by atoms with Crippen LogP contribution in [-0.2, 0) is 17.8 Å². The first-order chi connectivity index (χ1) is 15.2. The Morgan fingerprint density at radius 1 is 1.10 bits per heavy atom. The average Bonchev–Trinajstić information content (AvgIpc) is 3.32. The van der Waals surface area contributed by atoms with E-state index in [0.29, 0.717) is 31.2 Å². The Labute approximate surface area is 181 Å². The van der Waals surface area contributed by atoms with Gasteiger partial charge in [-0.3, -0.25) is 9.78 Å². The molecule has 0 saturated carbocycles. The van der Waals surface area contributed by atoms with Crippen molar-refractivity contribution >= 4 is 5.91 Å². The van der Waals surface area contributed by atoms with Gasteiger partial charge in [0.15, 0.2) is 0 Å². The molecule has 0 N–H and O–H groups in total. The summed E-state index contributed by atoms with van der Waals surface area (Å²) in [4.78, 5) is 19.2. The number of hydrogen-bond donors (Lipinski definition) is 0. The first-order valence-corrected chi connectivity index (χ1v) is 10.4. The highest BCUT2D eigenvalue weighted by molar-refractivity contribution is 5.94. The zero-order valence-electron chi connectivity index (χ0n) is 17.2. The molecule has 1 aromatic heterocycles. The van der Waals surface area contributed by atoms with Gasteiger partial charge in [-0.15, -0.1) is 0 Å². The van der Waals surface area contributed by atoms with E-state index >= 15 is 0 Å². The molecule has 1 fully saturated rings. The van der Waals surface area contributed by atoms with E-state index in [4.69, 9.17) is 9.47 Å². The fraction of sp³-hybridized carbons (Fsp3) is 0.280. The summed E-state index contributed by atoms with van der Waals surface area (Å²) < 4.78 is 25.0. The molecule has 6 heteroatoms. The minimum atomic E-state index is -0.435. The standard InChI is InChI=1S/C25H25FN2O3/c26-22-7-4-6-21(14-22)25(29)28(16-23-8-1-2-11-27-23)15-19-5-3-9-24(13-19)31-18-20-10-12-30-17-20/h1-9,11,13-14,20H,10,12,15-18H2/t20-/m0/s1. The first kappa shape index (κ1) is 21.0. The Kier molecular flexibility index (Phi) is 6.89. The van der Waals surface area contributed by atoms with E-state index in [2.05, 4.69) is 4.98 Å². The zero-order valence-corrected chi connectivity index (χ0v) is 17.2. The zero-order chi connectivity index (χ0) is 21.5. The fourth-order valence-electron chi connectivity index (χ4n) is 3.57. The molecular formula is C25H25FN2O3. The second kappa shape index (κ2) is 10.2. The summed E-state index contributed by atoms with van der Waals surface area (Å²) in [5, 5.41) is 0. The van der Waals surface area contributed by atoms with Gasteiger partial charge in [-0.25, -0.2) is 4.39 Å². The van der Waals surface area contributed by atoms with Crippen LogP contribution >= 0.6 is 0 Å². The Bertz CT molecular complexity index is 1010. The van der Waals surface area contributed by atoms with Crippen molar-refractivity contribution in [2.24, 2.45) is 5.92 Å². The van der Waals surface area contributed by atoms with Crippen LogP contribution in [0, 0.1) is 11.7 Å². The topological polar surface area (TPSA) is 51.7 Å². The van der Waals surface area contributed by atoms with Crippen LogP contribution in [0.3, 0.4) is 0 Å². The Morgan fingerprint density at radius 2 is 2.00 bits per heavy atom. The molecule has 5 nitrogen and oxygen atoms in total. The van der Waals surface area contributed by atoms with Crippen molar-refractivity contribution in [3.05, 3.63) is 95.6 Å². The van der Waals surface area contributed by atoms with E-state index in [0.717, 1.165) is 36.6 Å². The summed E-state index contributed by atoms with van der Waals surface area (Å²) in [5.41, 5.74) is 2.01. The summed E-state index contributed by atoms with van der Waals surface area (Å²) in [6, 6.07) is 19.1. The van der Waals surface area contributed by atoms with Crippen LogP contribution in [0.5, 0.6) is 5.75 Å². The number of rotatable bonds is 8. The largest absolute Gasteiger partial charge is 0.493 e. The van der Waals surface area contributed by atoms with Crippen LogP contribution in [0.1, 0.15) is 28.0 Å². The van der Waals surface area contributed by atoms with E-state index in [1.54, 1.807) is 23.2 Å². The Balaban J connectivity index is 1.51.